The standard InChI is InChI=1S/C12H21NO3/c1-5-12(4)9(8-10(14)16-12)11(15)13(6-2)7-3/h9H,5-8H2,1-4H3/t9-,12-/m1/s1. The van der Waals surface area contributed by atoms with E-state index in [4.69, 9.17) is 4.74 Å². The van der Waals surface area contributed by atoms with Crippen molar-refractivity contribution in [3.8, 4) is 0 Å². The number of nitrogens with zero attached hydrogens (tertiary/aromatic N) is 1. The van der Waals surface area contributed by atoms with Crippen molar-refractivity contribution in [2.45, 2.75) is 46.1 Å². The van der Waals surface area contributed by atoms with E-state index < -0.39 is 5.60 Å². The summed E-state index contributed by atoms with van der Waals surface area (Å²) in [5.74, 6) is -0.528. The smallest absolute Gasteiger partial charge is 0.307 e. The van der Waals surface area contributed by atoms with E-state index in [-0.39, 0.29) is 24.2 Å². The number of carbonyl (C=O) groups excluding carboxylic acids is 2. The van der Waals surface area contributed by atoms with Crippen molar-refractivity contribution < 1.29 is 14.3 Å². The lowest BCUT2D eigenvalue weighted by molar-refractivity contribution is -0.150. The van der Waals surface area contributed by atoms with Crippen LogP contribution in [0.15, 0.2) is 0 Å². The molecule has 0 unspecified atom stereocenters. The summed E-state index contributed by atoms with van der Waals surface area (Å²) in [6, 6.07) is 0. The number of rotatable bonds is 4. The number of ether oxygens (including phenoxy) is 1. The van der Waals surface area contributed by atoms with E-state index in [1.165, 1.54) is 0 Å². The predicted molar refractivity (Wildman–Crippen MR) is 60.8 cm³/mol. The zero-order valence-corrected chi connectivity index (χ0v) is 10.6. The molecular formula is C12H21NO3. The Kier molecular flexibility index (Phi) is 3.94. The Bertz CT molecular complexity index is 286. The first-order valence-electron chi connectivity index (χ1n) is 5.99. The van der Waals surface area contributed by atoms with Gasteiger partial charge >= 0.3 is 5.97 Å². The molecule has 0 spiro atoms. The molecule has 1 saturated heterocycles. The second-order valence-electron chi connectivity index (χ2n) is 4.41. The molecule has 0 N–H and O–H groups in total. The summed E-state index contributed by atoms with van der Waals surface area (Å²) in [5, 5.41) is 0. The molecular weight excluding hydrogens is 206 g/mol. The van der Waals surface area contributed by atoms with Crippen molar-refractivity contribution in [3.05, 3.63) is 0 Å². The summed E-state index contributed by atoms with van der Waals surface area (Å²) in [6.07, 6.45) is 0.899. The van der Waals surface area contributed by atoms with Crippen LogP contribution in [0, 0.1) is 5.92 Å². The average Bonchev–Trinajstić information content (AvgIpc) is 2.56. The summed E-state index contributed by atoms with van der Waals surface area (Å²) in [6.45, 7) is 9.05. The molecule has 0 saturated carbocycles. The number of esters is 1. The van der Waals surface area contributed by atoms with Gasteiger partial charge in [-0.15, -0.1) is 0 Å². The molecule has 0 radical (unpaired) electrons. The highest BCUT2D eigenvalue weighted by atomic mass is 16.6. The van der Waals surface area contributed by atoms with Gasteiger partial charge in [0.25, 0.3) is 0 Å². The summed E-state index contributed by atoms with van der Waals surface area (Å²) in [4.78, 5) is 25.3. The van der Waals surface area contributed by atoms with Crippen molar-refractivity contribution in [2.75, 3.05) is 13.1 Å². The van der Waals surface area contributed by atoms with Gasteiger partial charge in [0.1, 0.15) is 5.60 Å². The molecule has 0 aliphatic carbocycles. The van der Waals surface area contributed by atoms with Gasteiger partial charge in [0.2, 0.25) is 5.91 Å². The van der Waals surface area contributed by atoms with E-state index in [0.717, 1.165) is 0 Å². The van der Waals surface area contributed by atoms with Crippen LogP contribution in [0.4, 0.5) is 0 Å². The Hall–Kier alpha value is -1.06. The Morgan fingerprint density at radius 1 is 1.44 bits per heavy atom. The van der Waals surface area contributed by atoms with E-state index >= 15 is 0 Å². The molecule has 1 aliphatic heterocycles. The molecule has 2 atom stereocenters. The monoisotopic (exact) mass is 227 g/mol. The molecule has 4 nitrogen and oxygen atoms in total. The fourth-order valence-corrected chi connectivity index (χ4v) is 2.18. The normalized spacial score (nSPS) is 29.0. The van der Waals surface area contributed by atoms with E-state index in [9.17, 15) is 9.59 Å². The maximum Gasteiger partial charge on any atom is 0.307 e. The van der Waals surface area contributed by atoms with Crippen LogP contribution in [0.3, 0.4) is 0 Å². The number of carbonyl (C=O) groups is 2. The quantitative estimate of drug-likeness (QED) is 0.685. The topological polar surface area (TPSA) is 46.6 Å². The molecule has 1 aliphatic rings. The zero-order valence-electron chi connectivity index (χ0n) is 10.6. The van der Waals surface area contributed by atoms with Gasteiger partial charge in [-0.2, -0.15) is 0 Å². The second-order valence-corrected chi connectivity index (χ2v) is 4.41. The highest BCUT2D eigenvalue weighted by Crippen LogP contribution is 2.36. The molecule has 92 valence electrons. The summed E-state index contributed by atoms with van der Waals surface area (Å²) in [5.41, 5.74) is -0.614. The predicted octanol–water partition coefficient (Wildman–Crippen LogP) is 1.59. The summed E-state index contributed by atoms with van der Waals surface area (Å²) in [7, 11) is 0. The molecule has 1 heterocycles. The molecule has 0 aromatic carbocycles. The van der Waals surface area contributed by atoms with Gasteiger partial charge in [-0.3, -0.25) is 9.59 Å². The van der Waals surface area contributed by atoms with E-state index in [1.54, 1.807) is 4.90 Å². The van der Waals surface area contributed by atoms with Gasteiger partial charge in [0, 0.05) is 13.1 Å². The second kappa shape index (κ2) is 4.85. The largest absolute Gasteiger partial charge is 0.458 e. The van der Waals surface area contributed by atoms with Crippen LogP contribution in [-0.4, -0.2) is 35.5 Å². The average molecular weight is 227 g/mol. The lowest BCUT2D eigenvalue weighted by Gasteiger charge is -2.31. The summed E-state index contributed by atoms with van der Waals surface area (Å²) < 4.78 is 5.28. The fourth-order valence-electron chi connectivity index (χ4n) is 2.18. The molecule has 1 amide bonds. The molecule has 1 rings (SSSR count). The fraction of sp³-hybridized carbons (Fsp3) is 0.833. The molecule has 16 heavy (non-hydrogen) atoms. The molecule has 4 heteroatoms. The van der Waals surface area contributed by atoms with Crippen molar-refractivity contribution >= 4 is 11.9 Å². The lowest BCUT2D eigenvalue weighted by atomic mass is 9.85. The minimum atomic E-state index is -0.614. The zero-order chi connectivity index (χ0) is 12.3. The highest BCUT2D eigenvalue weighted by Gasteiger charge is 2.49. The van der Waals surface area contributed by atoms with Gasteiger partial charge in [-0.05, 0) is 27.2 Å². The van der Waals surface area contributed by atoms with Crippen molar-refractivity contribution in [3.63, 3.8) is 0 Å². The van der Waals surface area contributed by atoms with Gasteiger partial charge in [-0.1, -0.05) is 6.92 Å². The van der Waals surface area contributed by atoms with Crippen LogP contribution in [0.1, 0.15) is 40.5 Å². The minimum Gasteiger partial charge on any atom is -0.458 e. The van der Waals surface area contributed by atoms with Crippen LogP contribution >= 0.6 is 0 Å². The van der Waals surface area contributed by atoms with Crippen molar-refractivity contribution in [1.82, 2.24) is 4.90 Å². The molecule has 0 bridgehead atoms. The van der Waals surface area contributed by atoms with Crippen LogP contribution in [0.25, 0.3) is 0 Å². The SMILES string of the molecule is CCN(CC)C(=O)[C@H]1CC(=O)O[C@]1(C)CC. The third-order valence-corrected chi connectivity index (χ3v) is 3.53. The van der Waals surface area contributed by atoms with E-state index in [2.05, 4.69) is 0 Å². The van der Waals surface area contributed by atoms with Gasteiger partial charge < -0.3 is 9.64 Å². The Balaban J connectivity index is 2.86. The van der Waals surface area contributed by atoms with Gasteiger partial charge in [-0.25, -0.2) is 0 Å². The third kappa shape index (κ3) is 2.20. The van der Waals surface area contributed by atoms with Crippen LogP contribution < -0.4 is 0 Å². The molecule has 0 aromatic rings. The first-order chi connectivity index (χ1) is 7.48. The molecule has 1 fully saturated rings. The number of hydrogen-bond donors (Lipinski definition) is 0. The third-order valence-electron chi connectivity index (χ3n) is 3.53. The first-order valence-corrected chi connectivity index (χ1v) is 5.99. The van der Waals surface area contributed by atoms with Crippen molar-refractivity contribution in [1.29, 1.82) is 0 Å². The van der Waals surface area contributed by atoms with Crippen LogP contribution in [0.2, 0.25) is 0 Å². The Labute approximate surface area is 96.9 Å². The lowest BCUT2D eigenvalue weighted by Crippen LogP contribution is -2.44. The van der Waals surface area contributed by atoms with Crippen molar-refractivity contribution in [2.24, 2.45) is 5.92 Å². The Morgan fingerprint density at radius 2 is 2.00 bits per heavy atom. The maximum atomic E-state index is 12.2. The van der Waals surface area contributed by atoms with E-state index in [0.29, 0.717) is 19.5 Å². The Morgan fingerprint density at radius 3 is 2.44 bits per heavy atom. The van der Waals surface area contributed by atoms with E-state index in [1.807, 2.05) is 27.7 Å². The maximum absolute atomic E-state index is 12.2. The van der Waals surface area contributed by atoms with Gasteiger partial charge in [0.15, 0.2) is 0 Å². The summed E-state index contributed by atoms with van der Waals surface area (Å²) >= 11 is 0. The number of amides is 1. The number of hydrogen-bond acceptors (Lipinski definition) is 3. The van der Waals surface area contributed by atoms with Gasteiger partial charge in [0.05, 0.1) is 12.3 Å². The number of cyclic esters (lactones) is 1. The van der Waals surface area contributed by atoms with Crippen LogP contribution in [-0.2, 0) is 14.3 Å². The minimum absolute atomic E-state index is 0.0419. The van der Waals surface area contributed by atoms with Crippen LogP contribution in [0.5, 0.6) is 0 Å². The first kappa shape index (κ1) is 13.0. The molecule has 0 aromatic heterocycles. The highest BCUT2D eigenvalue weighted by molar-refractivity contribution is 5.87.